The number of methoxy groups -OCH3 is 2. The molecule has 0 aliphatic heterocycles. The molecule has 2 rings (SSSR count). The first-order valence-electron chi connectivity index (χ1n) is 5.34. The number of hydrogen-bond acceptors (Lipinski definition) is 4. The van der Waals surface area contributed by atoms with E-state index in [1.54, 1.807) is 0 Å². The molecule has 2 fully saturated rings. The summed E-state index contributed by atoms with van der Waals surface area (Å²) in [7, 11) is 2.75. The zero-order chi connectivity index (χ0) is 11.0. The van der Waals surface area contributed by atoms with Crippen LogP contribution in [0.4, 0.5) is 0 Å². The van der Waals surface area contributed by atoms with Gasteiger partial charge < -0.3 is 9.47 Å². The van der Waals surface area contributed by atoms with Gasteiger partial charge in [-0.15, -0.1) is 0 Å². The lowest BCUT2D eigenvalue weighted by Crippen LogP contribution is -2.36. The number of carbonyl (C=O) groups is 2. The molecule has 0 aromatic carbocycles. The Bertz CT molecular complexity index is 286. The van der Waals surface area contributed by atoms with Gasteiger partial charge in [0, 0.05) is 0 Å². The van der Waals surface area contributed by atoms with E-state index in [0.29, 0.717) is 11.8 Å². The van der Waals surface area contributed by atoms with Gasteiger partial charge in [-0.1, -0.05) is 0 Å². The van der Waals surface area contributed by atoms with Crippen molar-refractivity contribution in [2.24, 2.45) is 23.7 Å². The SMILES string of the molecule is COC(=O)C1CCC2CC2C1C(=O)OC. The van der Waals surface area contributed by atoms with Crippen molar-refractivity contribution in [2.45, 2.75) is 19.3 Å². The first-order chi connectivity index (χ1) is 7.19. The highest BCUT2D eigenvalue weighted by atomic mass is 16.5. The summed E-state index contributed by atoms with van der Waals surface area (Å²) in [5.41, 5.74) is 0. The topological polar surface area (TPSA) is 52.6 Å². The summed E-state index contributed by atoms with van der Waals surface area (Å²) < 4.78 is 9.50. The second-order valence-corrected chi connectivity index (χ2v) is 4.42. The molecule has 4 unspecified atom stereocenters. The number of fused-ring (bicyclic) bond motifs is 1. The third-order valence-electron chi connectivity index (χ3n) is 3.70. The van der Waals surface area contributed by atoms with Gasteiger partial charge in [0.1, 0.15) is 0 Å². The highest BCUT2D eigenvalue weighted by Gasteiger charge is 2.55. The predicted molar refractivity (Wildman–Crippen MR) is 51.8 cm³/mol. The molecule has 4 nitrogen and oxygen atoms in total. The first-order valence-corrected chi connectivity index (χ1v) is 5.34. The highest BCUT2D eigenvalue weighted by Crippen LogP contribution is 2.55. The second-order valence-electron chi connectivity index (χ2n) is 4.42. The van der Waals surface area contributed by atoms with Crippen LogP contribution in [0.25, 0.3) is 0 Å². The van der Waals surface area contributed by atoms with Gasteiger partial charge in [-0.2, -0.15) is 0 Å². The monoisotopic (exact) mass is 212 g/mol. The largest absolute Gasteiger partial charge is 0.469 e. The second kappa shape index (κ2) is 3.83. The molecule has 0 N–H and O–H groups in total. The van der Waals surface area contributed by atoms with Gasteiger partial charge in [0.05, 0.1) is 26.1 Å². The van der Waals surface area contributed by atoms with Gasteiger partial charge in [0.15, 0.2) is 0 Å². The summed E-state index contributed by atoms with van der Waals surface area (Å²) in [6, 6.07) is 0. The fourth-order valence-electron chi connectivity index (χ4n) is 2.81. The number of esters is 2. The van der Waals surface area contributed by atoms with Crippen LogP contribution in [0.3, 0.4) is 0 Å². The molecule has 4 atom stereocenters. The molecule has 2 aliphatic rings. The van der Waals surface area contributed by atoms with E-state index in [1.807, 2.05) is 0 Å². The normalized spacial score (nSPS) is 37.7. The van der Waals surface area contributed by atoms with Crippen molar-refractivity contribution in [1.29, 1.82) is 0 Å². The molecular formula is C11H16O4. The Morgan fingerprint density at radius 3 is 2.33 bits per heavy atom. The van der Waals surface area contributed by atoms with E-state index in [0.717, 1.165) is 19.3 Å². The first kappa shape index (κ1) is 10.5. The molecule has 2 saturated carbocycles. The molecule has 0 radical (unpaired) electrons. The van der Waals surface area contributed by atoms with Gasteiger partial charge in [-0.3, -0.25) is 9.59 Å². The summed E-state index contributed by atoms with van der Waals surface area (Å²) in [5, 5.41) is 0. The van der Waals surface area contributed by atoms with E-state index in [9.17, 15) is 9.59 Å². The van der Waals surface area contributed by atoms with Crippen LogP contribution in [-0.4, -0.2) is 26.2 Å². The van der Waals surface area contributed by atoms with Crippen LogP contribution in [0.2, 0.25) is 0 Å². The molecule has 0 aromatic rings. The van der Waals surface area contributed by atoms with E-state index >= 15 is 0 Å². The van der Waals surface area contributed by atoms with Gasteiger partial charge in [-0.05, 0) is 31.1 Å². The van der Waals surface area contributed by atoms with E-state index in [2.05, 4.69) is 0 Å². The fourth-order valence-corrected chi connectivity index (χ4v) is 2.81. The number of carbonyl (C=O) groups excluding carboxylic acids is 2. The van der Waals surface area contributed by atoms with Crippen molar-refractivity contribution >= 4 is 11.9 Å². The maximum absolute atomic E-state index is 11.6. The third kappa shape index (κ3) is 1.73. The van der Waals surface area contributed by atoms with Gasteiger partial charge in [0.25, 0.3) is 0 Å². The zero-order valence-corrected chi connectivity index (χ0v) is 9.06. The molecule has 0 amide bonds. The van der Waals surface area contributed by atoms with Crippen molar-refractivity contribution in [2.75, 3.05) is 14.2 Å². The number of ether oxygens (including phenoxy) is 2. The van der Waals surface area contributed by atoms with Gasteiger partial charge >= 0.3 is 11.9 Å². The minimum Gasteiger partial charge on any atom is -0.469 e. The molecule has 4 heteroatoms. The predicted octanol–water partition coefficient (Wildman–Crippen LogP) is 0.995. The molecule has 15 heavy (non-hydrogen) atoms. The molecule has 84 valence electrons. The van der Waals surface area contributed by atoms with Crippen molar-refractivity contribution in [1.82, 2.24) is 0 Å². The lowest BCUT2D eigenvalue weighted by molar-refractivity contribution is -0.160. The molecule has 0 aromatic heterocycles. The van der Waals surface area contributed by atoms with Gasteiger partial charge in [-0.25, -0.2) is 0 Å². The Balaban J connectivity index is 2.13. The Kier molecular flexibility index (Phi) is 2.67. The molecule has 0 saturated heterocycles. The Labute approximate surface area is 88.9 Å². The summed E-state index contributed by atoms with van der Waals surface area (Å²) >= 11 is 0. The summed E-state index contributed by atoms with van der Waals surface area (Å²) in [6.45, 7) is 0. The Hall–Kier alpha value is -1.06. The van der Waals surface area contributed by atoms with Crippen molar-refractivity contribution in [3.63, 3.8) is 0 Å². The van der Waals surface area contributed by atoms with Crippen LogP contribution in [0.5, 0.6) is 0 Å². The van der Waals surface area contributed by atoms with Crippen LogP contribution in [0, 0.1) is 23.7 Å². The van der Waals surface area contributed by atoms with Crippen LogP contribution in [0.1, 0.15) is 19.3 Å². The summed E-state index contributed by atoms with van der Waals surface area (Å²) in [4.78, 5) is 23.1. The molecular weight excluding hydrogens is 196 g/mol. The zero-order valence-electron chi connectivity index (χ0n) is 9.06. The van der Waals surface area contributed by atoms with Crippen molar-refractivity contribution in [3.05, 3.63) is 0 Å². The van der Waals surface area contributed by atoms with Crippen LogP contribution < -0.4 is 0 Å². The Morgan fingerprint density at radius 2 is 1.73 bits per heavy atom. The van der Waals surface area contributed by atoms with Crippen molar-refractivity contribution in [3.8, 4) is 0 Å². The average molecular weight is 212 g/mol. The smallest absolute Gasteiger partial charge is 0.309 e. The lowest BCUT2D eigenvalue weighted by Gasteiger charge is -2.26. The average Bonchev–Trinajstić information content (AvgIpc) is 3.04. The minimum absolute atomic E-state index is 0.252. The van der Waals surface area contributed by atoms with E-state index in [4.69, 9.17) is 9.47 Å². The van der Waals surface area contributed by atoms with Gasteiger partial charge in [0.2, 0.25) is 0 Å². The van der Waals surface area contributed by atoms with Crippen LogP contribution in [0.15, 0.2) is 0 Å². The van der Waals surface area contributed by atoms with E-state index in [-0.39, 0.29) is 23.8 Å². The molecule has 0 heterocycles. The fraction of sp³-hybridized carbons (Fsp3) is 0.818. The van der Waals surface area contributed by atoms with Crippen LogP contribution in [-0.2, 0) is 19.1 Å². The third-order valence-corrected chi connectivity index (χ3v) is 3.70. The quantitative estimate of drug-likeness (QED) is 0.641. The molecule has 2 aliphatic carbocycles. The number of rotatable bonds is 2. The highest BCUT2D eigenvalue weighted by molar-refractivity contribution is 5.83. The maximum Gasteiger partial charge on any atom is 0.309 e. The lowest BCUT2D eigenvalue weighted by atomic mass is 9.79. The Morgan fingerprint density at radius 1 is 1.07 bits per heavy atom. The molecule has 0 spiro atoms. The summed E-state index contributed by atoms with van der Waals surface area (Å²) in [6.07, 6.45) is 2.86. The maximum atomic E-state index is 11.6. The minimum atomic E-state index is -0.286. The summed E-state index contributed by atoms with van der Waals surface area (Å²) in [5.74, 6) is -0.0777. The van der Waals surface area contributed by atoms with Crippen LogP contribution >= 0.6 is 0 Å². The molecule has 0 bridgehead atoms. The number of hydrogen-bond donors (Lipinski definition) is 0. The van der Waals surface area contributed by atoms with Crippen molar-refractivity contribution < 1.29 is 19.1 Å². The van der Waals surface area contributed by atoms with E-state index < -0.39 is 0 Å². The standard InChI is InChI=1S/C11H16O4/c1-14-10(12)7-4-3-6-5-8(6)9(7)11(13)15-2/h6-9H,3-5H2,1-2H3. The van der Waals surface area contributed by atoms with E-state index in [1.165, 1.54) is 14.2 Å².